The van der Waals surface area contributed by atoms with Gasteiger partial charge in [0.25, 0.3) is 0 Å². The predicted molar refractivity (Wildman–Crippen MR) is 76.9 cm³/mol. The third kappa shape index (κ3) is 4.19. The highest BCUT2D eigenvalue weighted by Crippen LogP contribution is 2.30. The molecule has 1 heterocycles. The van der Waals surface area contributed by atoms with E-state index in [4.69, 9.17) is 10.5 Å². The molecule has 1 rings (SSSR count). The second-order valence-corrected chi connectivity index (χ2v) is 5.86. The predicted octanol–water partition coefficient (Wildman–Crippen LogP) is 1.16. The maximum atomic E-state index is 6.08. The van der Waals surface area contributed by atoms with E-state index in [2.05, 4.69) is 37.9 Å². The minimum Gasteiger partial charge on any atom is -0.378 e. The highest BCUT2D eigenvalue weighted by Gasteiger charge is 2.38. The number of ether oxygens (including phenoxy) is 1. The van der Waals surface area contributed by atoms with Crippen LogP contribution in [-0.4, -0.2) is 68.8 Å². The lowest BCUT2D eigenvalue weighted by atomic mass is 9.84. The molecule has 0 aliphatic carbocycles. The van der Waals surface area contributed by atoms with Gasteiger partial charge < -0.3 is 15.4 Å². The van der Waals surface area contributed by atoms with Gasteiger partial charge in [-0.05, 0) is 59.9 Å². The van der Waals surface area contributed by atoms with Gasteiger partial charge in [-0.1, -0.05) is 6.92 Å². The summed E-state index contributed by atoms with van der Waals surface area (Å²) in [4.78, 5) is 4.71. The van der Waals surface area contributed by atoms with Gasteiger partial charge in [0.05, 0.1) is 6.10 Å². The van der Waals surface area contributed by atoms with Crippen molar-refractivity contribution in [1.82, 2.24) is 9.80 Å². The third-order valence-corrected chi connectivity index (χ3v) is 4.27. The van der Waals surface area contributed by atoms with E-state index < -0.39 is 0 Å². The number of hydrogen-bond acceptors (Lipinski definition) is 4. The van der Waals surface area contributed by atoms with Crippen LogP contribution in [0.15, 0.2) is 0 Å². The molecule has 2 unspecified atom stereocenters. The highest BCUT2D eigenvalue weighted by molar-refractivity contribution is 4.95. The Bertz CT molecular complexity index is 235. The molecule has 0 aromatic heterocycles. The molecule has 0 amide bonds. The van der Waals surface area contributed by atoms with E-state index in [1.165, 1.54) is 6.42 Å². The molecule has 2 atom stereocenters. The smallest absolute Gasteiger partial charge is 0.0590 e. The zero-order valence-corrected chi connectivity index (χ0v) is 12.6. The van der Waals surface area contributed by atoms with Crippen molar-refractivity contribution in [3.8, 4) is 0 Å². The SMILES string of the molecule is CCC1CC(CN)(N(C)CCCN(C)C)CCO1. The van der Waals surface area contributed by atoms with Crippen molar-refractivity contribution in [2.75, 3.05) is 47.4 Å². The van der Waals surface area contributed by atoms with Gasteiger partial charge in [0.15, 0.2) is 0 Å². The largest absolute Gasteiger partial charge is 0.378 e. The molecular weight excluding hydrogens is 226 g/mol. The van der Waals surface area contributed by atoms with Crippen LogP contribution < -0.4 is 5.73 Å². The van der Waals surface area contributed by atoms with Crippen LogP contribution in [0.3, 0.4) is 0 Å². The van der Waals surface area contributed by atoms with Crippen LogP contribution in [0.1, 0.15) is 32.6 Å². The van der Waals surface area contributed by atoms with Gasteiger partial charge in [-0.25, -0.2) is 0 Å². The summed E-state index contributed by atoms with van der Waals surface area (Å²) in [5, 5.41) is 0. The van der Waals surface area contributed by atoms with E-state index in [9.17, 15) is 0 Å². The van der Waals surface area contributed by atoms with Gasteiger partial charge in [0.2, 0.25) is 0 Å². The maximum Gasteiger partial charge on any atom is 0.0590 e. The first-order valence-corrected chi connectivity index (χ1v) is 7.21. The van der Waals surface area contributed by atoms with Crippen molar-refractivity contribution in [2.45, 2.75) is 44.2 Å². The Morgan fingerprint density at radius 1 is 1.28 bits per heavy atom. The van der Waals surface area contributed by atoms with Crippen molar-refractivity contribution >= 4 is 0 Å². The molecule has 108 valence electrons. The van der Waals surface area contributed by atoms with Crippen LogP contribution >= 0.6 is 0 Å². The van der Waals surface area contributed by atoms with Crippen molar-refractivity contribution < 1.29 is 4.74 Å². The summed E-state index contributed by atoms with van der Waals surface area (Å²) in [5.74, 6) is 0. The average molecular weight is 257 g/mol. The Labute approximate surface area is 112 Å². The normalized spacial score (nSPS) is 29.2. The first kappa shape index (κ1) is 15.9. The van der Waals surface area contributed by atoms with Gasteiger partial charge >= 0.3 is 0 Å². The molecule has 4 heteroatoms. The molecule has 2 N–H and O–H groups in total. The van der Waals surface area contributed by atoms with E-state index in [0.717, 1.165) is 45.5 Å². The molecular formula is C14H31N3O. The summed E-state index contributed by atoms with van der Waals surface area (Å²) < 4.78 is 5.79. The Balaban J connectivity index is 2.51. The number of nitrogens with zero attached hydrogens (tertiary/aromatic N) is 2. The molecule has 1 saturated heterocycles. The molecule has 0 aromatic rings. The molecule has 0 radical (unpaired) electrons. The van der Waals surface area contributed by atoms with Crippen LogP contribution in [0.2, 0.25) is 0 Å². The molecule has 18 heavy (non-hydrogen) atoms. The summed E-state index contributed by atoms with van der Waals surface area (Å²) in [6.45, 7) is 6.05. The fraction of sp³-hybridized carbons (Fsp3) is 1.00. The molecule has 0 spiro atoms. The molecule has 1 fully saturated rings. The fourth-order valence-corrected chi connectivity index (χ4v) is 2.81. The Morgan fingerprint density at radius 2 is 2.00 bits per heavy atom. The van der Waals surface area contributed by atoms with Crippen molar-refractivity contribution in [3.05, 3.63) is 0 Å². The van der Waals surface area contributed by atoms with E-state index >= 15 is 0 Å². The monoisotopic (exact) mass is 257 g/mol. The van der Waals surface area contributed by atoms with Gasteiger partial charge in [-0.3, -0.25) is 4.90 Å². The molecule has 1 aliphatic heterocycles. The highest BCUT2D eigenvalue weighted by atomic mass is 16.5. The van der Waals surface area contributed by atoms with E-state index in [-0.39, 0.29) is 5.54 Å². The Morgan fingerprint density at radius 3 is 2.56 bits per heavy atom. The molecule has 4 nitrogen and oxygen atoms in total. The topological polar surface area (TPSA) is 41.7 Å². The van der Waals surface area contributed by atoms with Gasteiger partial charge in [0, 0.05) is 18.7 Å². The van der Waals surface area contributed by atoms with Crippen LogP contribution in [0.4, 0.5) is 0 Å². The second-order valence-electron chi connectivity index (χ2n) is 5.86. The van der Waals surface area contributed by atoms with Crippen LogP contribution in [0, 0.1) is 0 Å². The lowest BCUT2D eigenvalue weighted by Gasteiger charge is -2.46. The molecule has 0 saturated carbocycles. The van der Waals surface area contributed by atoms with Crippen molar-refractivity contribution in [1.29, 1.82) is 0 Å². The van der Waals surface area contributed by atoms with Crippen LogP contribution in [0.5, 0.6) is 0 Å². The zero-order valence-electron chi connectivity index (χ0n) is 12.6. The summed E-state index contributed by atoms with van der Waals surface area (Å²) in [6, 6.07) is 0. The second kappa shape index (κ2) is 7.43. The number of hydrogen-bond donors (Lipinski definition) is 1. The van der Waals surface area contributed by atoms with Crippen LogP contribution in [0.25, 0.3) is 0 Å². The van der Waals surface area contributed by atoms with Crippen molar-refractivity contribution in [2.24, 2.45) is 5.73 Å². The zero-order chi connectivity index (χ0) is 13.6. The first-order chi connectivity index (χ1) is 8.54. The van der Waals surface area contributed by atoms with E-state index in [1.807, 2.05) is 0 Å². The Hall–Kier alpha value is -0.160. The minimum atomic E-state index is 0.158. The number of rotatable bonds is 7. The summed E-state index contributed by atoms with van der Waals surface area (Å²) >= 11 is 0. The van der Waals surface area contributed by atoms with Gasteiger partial charge in [0.1, 0.15) is 0 Å². The molecule has 0 bridgehead atoms. The van der Waals surface area contributed by atoms with E-state index in [0.29, 0.717) is 6.10 Å². The first-order valence-electron chi connectivity index (χ1n) is 7.21. The number of likely N-dealkylation sites (N-methyl/N-ethyl adjacent to an activating group) is 1. The van der Waals surface area contributed by atoms with Gasteiger partial charge in [-0.15, -0.1) is 0 Å². The Kier molecular flexibility index (Phi) is 6.57. The molecule has 0 aromatic carbocycles. The third-order valence-electron chi connectivity index (χ3n) is 4.27. The standard InChI is InChI=1S/C14H31N3O/c1-5-13-11-14(12-15,7-10-18-13)17(4)9-6-8-16(2)3/h13H,5-12,15H2,1-4H3. The summed E-state index contributed by atoms with van der Waals surface area (Å²) in [6.07, 6.45) is 4.83. The lowest BCUT2D eigenvalue weighted by Crippen LogP contribution is -2.57. The van der Waals surface area contributed by atoms with Crippen LogP contribution in [-0.2, 0) is 4.74 Å². The maximum absolute atomic E-state index is 6.08. The quantitative estimate of drug-likeness (QED) is 0.743. The van der Waals surface area contributed by atoms with E-state index in [1.54, 1.807) is 0 Å². The minimum absolute atomic E-state index is 0.158. The van der Waals surface area contributed by atoms with Crippen molar-refractivity contribution in [3.63, 3.8) is 0 Å². The van der Waals surface area contributed by atoms with Gasteiger partial charge in [-0.2, -0.15) is 0 Å². The molecule has 1 aliphatic rings. The summed E-state index contributed by atoms with van der Waals surface area (Å²) in [5.41, 5.74) is 6.24. The summed E-state index contributed by atoms with van der Waals surface area (Å²) in [7, 11) is 6.47. The average Bonchev–Trinajstić information content (AvgIpc) is 2.38. The fourth-order valence-electron chi connectivity index (χ4n) is 2.81. The number of nitrogens with two attached hydrogens (primary N) is 1. The lowest BCUT2D eigenvalue weighted by molar-refractivity contribution is -0.0652.